The van der Waals surface area contributed by atoms with Crippen LogP contribution in [0, 0.1) is 0 Å². The standard InChI is InChI=1S/C15H23N3O/c1-3-19-15-6-4-5-14(17-15)18(2)13-9-11-7-8-12(10-13)16-11/h4-6,11-13,16H,3,7-10H2,1-2H3. The van der Waals surface area contributed by atoms with Gasteiger partial charge in [0.2, 0.25) is 5.88 Å². The van der Waals surface area contributed by atoms with Crippen molar-refractivity contribution in [1.82, 2.24) is 10.3 Å². The molecular weight excluding hydrogens is 238 g/mol. The summed E-state index contributed by atoms with van der Waals surface area (Å²) in [5.41, 5.74) is 0. The number of nitrogens with one attached hydrogen (secondary N) is 1. The molecule has 3 heterocycles. The minimum atomic E-state index is 0.600. The molecule has 1 aromatic rings. The number of hydrogen-bond acceptors (Lipinski definition) is 4. The second-order valence-electron chi connectivity index (χ2n) is 5.64. The quantitative estimate of drug-likeness (QED) is 0.901. The van der Waals surface area contributed by atoms with Gasteiger partial charge >= 0.3 is 0 Å². The van der Waals surface area contributed by atoms with Crippen LogP contribution in [0.15, 0.2) is 18.2 Å². The Morgan fingerprint density at radius 2 is 2.05 bits per heavy atom. The summed E-state index contributed by atoms with van der Waals surface area (Å²) in [5.74, 6) is 1.75. The summed E-state index contributed by atoms with van der Waals surface area (Å²) < 4.78 is 5.49. The van der Waals surface area contributed by atoms with Crippen LogP contribution in [0.25, 0.3) is 0 Å². The van der Waals surface area contributed by atoms with Gasteiger partial charge < -0.3 is 15.0 Å². The molecule has 0 amide bonds. The van der Waals surface area contributed by atoms with Gasteiger partial charge in [0.15, 0.2) is 0 Å². The third-order valence-corrected chi connectivity index (χ3v) is 4.36. The number of piperidine rings is 1. The summed E-state index contributed by atoms with van der Waals surface area (Å²) >= 11 is 0. The van der Waals surface area contributed by atoms with Gasteiger partial charge in [-0.25, -0.2) is 0 Å². The average Bonchev–Trinajstić information content (AvgIpc) is 2.77. The molecule has 1 N–H and O–H groups in total. The Morgan fingerprint density at radius 3 is 2.74 bits per heavy atom. The molecule has 2 bridgehead atoms. The van der Waals surface area contributed by atoms with Crippen molar-refractivity contribution in [2.75, 3.05) is 18.6 Å². The molecule has 0 aromatic carbocycles. The Kier molecular flexibility index (Phi) is 3.60. The molecule has 0 saturated carbocycles. The van der Waals surface area contributed by atoms with Gasteiger partial charge in [-0.05, 0) is 38.7 Å². The monoisotopic (exact) mass is 261 g/mol. The Hall–Kier alpha value is -1.29. The molecule has 2 fully saturated rings. The van der Waals surface area contributed by atoms with Crippen LogP contribution in [0.3, 0.4) is 0 Å². The number of nitrogens with zero attached hydrogens (tertiary/aromatic N) is 2. The van der Waals surface area contributed by atoms with Crippen LogP contribution in [0.5, 0.6) is 5.88 Å². The number of rotatable bonds is 4. The zero-order valence-electron chi connectivity index (χ0n) is 11.8. The first-order chi connectivity index (χ1) is 9.26. The summed E-state index contributed by atoms with van der Waals surface area (Å²) in [5, 5.41) is 3.69. The molecule has 0 spiro atoms. The summed E-state index contributed by atoms with van der Waals surface area (Å²) in [6.07, 6.45) is 5.13. The van der Waals surface area contributed by atoms with E-state index in [0.717, 1.165) is 11.7 Å². The average molecular weight is 261 g/mol. The van der Waals surface area contributed by atoms with Crippen LogP contribution in [0.2, 0.25) is 0 Å². The van der Waals surface area contributed by atoms with Gasteiger partial charge in [-0.2, -0.15) is 4.98 Å². The van der Waals surface area contributed by atoms with Crippen molar-refractivity contribution >= 4 is 5.82 Å². The van der Waals surface area contributed by atoms with Crippen molar-refractivity contribution in [2.45, 2.75) is 50.7 Å². The Balaban J connectivity index is 1.72. The third-order valence-electron chi connectivity index (χ3n) is 4.36. The zero-order valence-corrected chi connectivity index (χ0v) is 11.8. The van der Waals surface area contributed by atoms with Crippen molar-refractivity contribution in [1.29, 1.82) is 0 Å². The van der Waals surface area contributed by atoms with Crippen LogP contribution in [-0.4, -0.2) is 36.8 Å². The molecule has 2 atom stereocenters. The second kappa shape index (κ2) is 5.37. The summed E-state index contributed by atoms with van der Waals surface area (Å²) in [6, 6.07) is 8.05. The number of pyridine rings is 1. The summed E-state index contributed by atoms with van der Waals surface area (Å²) in [4.78, 5) is 6.92. The molecule has 0 aliphatic carbocycles. The third kappa shape index (κ3) is 2.68. The molecule has 2 aliphatic rings. The molecule has 2 aliphatic heterocycles. The lowest BCUT2D eigenvalue weighted by Crippen LogP contribution is -2.47. The SMILES string of the molecule is CCOc1cccc(N(C)C2CC3CCC(C2)N3)n1. The highest BCUT2D eigenvalue weighted by Crippen LogP contribution is 2.31. The first-order valence-electron chi connectivity index (χ1n) is 7.35. The van der Waals surface area contributed by atoms with Crippen LogP contribution >= 0.6 is 0 Å². The van der Waals surface area contributed by atoms with Gasteiger partial charge in [0, 0.05) is 31.2 Å². The number of hydrogen-bond donors (Lipinski definition) is 1. The first-order valence-corrected chi connectivity index (χ1v) is 7.35. The maximum atomic E-state index is 5.49. The molecule has 3 rings (SSSR count). The topological polar surface area (TPSA) is 37.4 Å². The van der Waals surface area contributed by atoms with E-state index in [-0.39, 0.29) is 0 Å². The van der Waals surface area contributed by atoms with Crippen molar-refractivity contribution in [3.05, 3.63) is 18.2 Å². The number of fused-ring (bicyclic) bond motifs is 2. The van der Waals surface area contributed by atoms with E-state index in [2.05, 4.69) is 28.3 Å². The molecule has 2 saturated heterocycles. The fraction of sp³-hybridized carbons (Fsp3) is 0.667. The number of anilines is 1. The van der Waals surface area contributed by atoms with Gasteiger partial charge in [0.25, 0.3) is 0 Å². The van der Waals surface area contributed by atoms with E-state index in [1.165, 1.54) is 25.7 Å². The zero-order chi connectivity index (χ0) is 13.2. The largest absolute Gasteiger partial charge is 0.478 e. The van der Waals surface area contributed by atoms with Crippen LogP contribution in [0.4, 0.5) is 5.82 Å². The minimum absolute atomic E-state index is 0.600. The smallest absolute Gasteiger partial charge is 0.215 e. The summed E-state index contributed by atoms with van der Waals surface area (Å²) in [6.45, 7) is 2.65. The minimum Gasteiger partial charge on any atom is -0.478 e. The molecule has 0 radical (unpaired) electrons. The Bertz CT molecular complexity index is 425. The van der Waals surface area contributed by atoms with Crippen molar-refractivity contribution in [3.8, 4) is 5.88 Å². The highest BCUT2D eigenvalue weighted by Gasteiger charge is 2.35. The normalized spacial score (nSPS) is 29.3. The van der Waals surface area contributed by atoms with Gasteiger partial charge in [0.1, 0.15) is 5.82 Å². The highest BCUT2D eigenvalue weighted by atomic mass is 16.5. The fourth-order valence-electron chi connectivity index (χ4n) is 3.36. The molecule has 4 nitrogen and oxygen atoms in total. The molecule has 2 unspecified atom stereocenters. The van der Waals surface area contributed by atoms with Gasteiger partial charge in [0.05, 0.1) is 6.61 Å². The van der Waals surface area contributed by atoms with E-state index < -0.39 is 0 Å². The van der Waals surface area contributed by atoms with Crippen molar-refractivity contribution in [2.24, 2.45) is 0 Å². The fourth-order valence-corrected chi connectivity index (χ4v) is 3.36. The molecular formula is C15H23N3O. The molecule has 1 aromatic heterocycles. The second-order valence-corrected chi connectivity index (χ2v) is 5.64. The Labute approximate surface area is 115 Å². The van der Waals surface area contributed by atoms with Gasteiger partial charge in [-0.15, -0.1) is 0 Å². The van der Waals surface area contributed by atoms with Crippen LogP contribution in [0.1, 0.15) is 32.6 Å². The predicted octanol–water partition coefficient (Wildman–Crippen LogP) is 2.20. The van der Waals surface area contributed by atoms with Crippen LogP contribution < -0.4 is 15.0 Å². The van der Waals surface area contributed by atoms with E-state index in [1.54, 1.807) is 0 Å². The lowest BCUT2D eigenvalue weighted by molar-refractivity contribution is 0.325. The van der Waals surface area contributed by atoms with E-state index in [0.29, 0.717) is 24.7 Å². The van der Waals surface area contributed by atoms with E-state index >= 15 is 0 Å². The highest BCUT2D eigenvalue weighted by molar-refractivity contribution is 5.41. The van der Waals surface area contributed by atoms with E-state index in [4.69, 9.17) is 4.74 Å². The maximum absolute atomic E-state index is 5.49. The lowest BCUT2D eigenvalue weighted by atomic mass is 9.98. The predicted molar refractivity (Wildman–Crippen MR) is 76.8 cm³/mol. The van der Waals surface area contributed by atoms with Crippen LogP contribution in [-0.2, 0) is 0 Å². The molecule has 19 heavy (non-hydrogen) atoms. The first kappa shape index (κ1) is 12.7. The van der Waals surface area contributed by atoms with Gasteiger partial charge in [-0.1, -0.05) is 6.07 Å². The molecule has 4 heteroatoms. The maximum Gasteiger partial charge on any atom is 0.215 e. The number of ether oxygens (including phenoxy) is 1. The lowest BCUT2D eigenvalue weighted by Gasteiger charge is -2.36. The van der Waals surface area contributed by atoms with Crippen molar-refractivity contribution in [3.63, 3.8) is 0 Å². The summed E-state index contributed by atoms with van der Waals surface area (Å²) in [7, 11) is 2.16. The van der Waals surface area contributed by atoms with Gasteiger partial charge in [-0.3, -0.25) is 0 Å². The van der Waals surface area contributed by atoms with E-state index in [9.17, 15) is 0 Å². The van der Waals surface area contributed by atoms with Crippen molar-refractivity contribution < 1.29 is 4.74 Å². The number of aromatic nitrogens is 1. The molecule has 104 valence electrons. The Morgan fingerprint density at radius 1 is 1.32 bits per heavy atom. The van der Waals surface area contributed by atoms with E-state index in [1.807, 2.05) is 19.1 Å².